The highest BCUT2D eigenvalue weighted by Crippen LogP contribution is 2.20. The normalized spacial score (nSPS) is 11.4. The zero-order chi connectivity index (χ0) is 17.1. The molecule has 1 nitrogen and oxygen atoms in total. The molecule has 0 aliphatic carbocycles. The molecule has 0 aliphatic heterocycles. The van der Waals surface area contributed by atoms with E-state index in [1.54, 1.807) is 0 Å². The van der Waals surface area contributed by atoms with Gasteiger partial charge in [0.2, 0.25) is 0 Å². The molecule has 0 aromatic heterocycles. The van der Waals surface area contributed by atoms with Crippen molar-refractivity contribution in [1.82, 2.24) is 0 Å². The standard InChI is InChI=1S/C17H16FN.C4H10/c18-17(11-12-19)10-9-14-5-4-8-16(13-14)15-6-2-1-3-7-15;1-4(2)3/h1-8,10-13H,9,19H2;4H,1-3H3/b12-11-,17-10+;. The Labute approximate surface area is 139 Å². The van der Waals surface area contributed by atoms with E-state index in [1.165, 1.54) is 18.4 Å². The average molecular weight is 311 g/mol. The maximum atomic E-state index is 13.2. The van der Waals surface area contributed by atoms with Crippen molar-refractivity contribution < 1.29 is 4.39 Å². The highest BCUT2D eigenvalue weighted by Gasteiger charge is 1.98. The Bertz CT molecular complexity index is 625. The molecule has 2 N–H and O–H groups in total. The summed E-state index contributed by atoms with van der Waals surface area (Å²) in [6.07, 6.45) is 4.53. The Morgan fingerprint density at radius 3 is 2.22 bits per heavy atom. The van der Waals surface area contributed by atoms with E-state index in [0.717, 1.165) is 22.6 Å². The van der Waals surface area contributed by atoms with Gasteiger partial charge < -0.3 is 5.73 Å². The van der Waals surface area contributed by atoms with Gasteiger partial charge >= 0.3 is 0 Å². The molecule has 2 heteroatoms. The van der Waals surface area contributed by atoms with Gasteiger partial charge in [0.25, 0.3) is 0 Å². The lowest BCUT2D eigenvalue weighted by Gasteiger charge is -2.04. The van der Waals surface area contributed by atoms with Crippen molar-refractivity contribution in [2.24, 2.45) is 11.7 Å². The second-order valence-corrected chi connectivity index (χ2v) is 5.95. The first-order valence-corrected chi connectivity index (χ1v) is 7.91. The summed E-state index contributed by atoms with van der Waals surface area (Å²) >= 11 is 0. The lowest BCUT2D eigenvalue weighted by Crippen LogP contribution is -1.85. The second kappa shape index (κ2) is 10.4. The van der Waals surface area contributed by atoms with Crippen molar-refractivity contribution in [1.29, 1.82) is 0 Å². The van der Waals surface area contributed by atoms with E-state index in [4.69, 9.17) is 5.73 Å². The highest BCUT2D eigenvalue weighted by molar-refractivity contribution is 5.64. The minimum atomic E-state index is -0.312. The van der Waals surface area contributed by atoms with E-state index in [2.05, 4.69) is 45.0 Å². The van der Waals surface area contributed by atoms with E-state index in [9.17, 15) is 4.39 Å². The molecule has 0 saturated carbocycles. The first kappa shape index (κ1) is 18.7. The molecule has 0 bridgehead atoms. The van der Waals surface area contributed by atoms with Crippen molar-refractivity contribution >= 4 is 0 Å². The molecule has 0 spiro atoms. The fourth-order valence-corrected chi connectivity index (χ4v) is 1.88. The third kappa shape index (κ3) is 8.01. The van der Waals surface area contributed by atoms with Gasteiger partial charge in [0, 0.05) is 0 Å². The van der Waals surface area contributed by atoms with Crippen LogP contribution < -0.4 is 5.73 Å². The monoisotopic (exact) mass is 311 g/mol. The van der Waals surface area contributed by atoms with Gasteiger partial charge in [0.1, 0.15) is 5.83 Å². The smallest absolute Gasteiger partial charge is 0.120 e. The van der Waals surface area contributed by atoms with Crippen molar-refractivity contribution in [3.63, 3.8) is 0 Å². The lowest BCUT2D eigenvalue weighted by atomic mass is 10.0. The Balaban J connectivity index is 0.000000593. The van der Waals surface area contributed by atoms with Crippen molar-refractivity contribution in [3.8, 4) is 11.1 Å². The number of nitrogens with two attached hydrogens (primary N) is 1. The maximum absolute atomic E-state index is 13.2. The van der Waals surface area contributed by atoms with E-state index in [0.29, 0.717) is 6.42 Å². The topological polar surface area (TPSA) is 26.0 Å². The molecule has 0 fully saturated rings. The van der Waals surface area contributed by atoms with Crippen LogP contribution in [0.2, 0.25) is 0 Å². The maximum Gasteiger partial charge on any atom is 0.120 e. The van der Waals surface area contributed by atoms with Crippen LogP contribution in [0.15, 0.2) is 78.8 Å². The van der Waals surface area contributed by atoms with Crippen LogP contribution in [0.25, 0.3) is 11.1 Å². The predicted molar refractivity (Wildman–Crippen MR) is 98.6 cm³/mol. The molecule has 0 amide bonds. The summed E-state index contributed by atoms with van der Waals surface area (Å²) in [6.45, 7) is 6.50. The Morgan fingerprint density at radius 2 is 1.61 bits per heavy atom. The van der Waals surface area contributed by atoms with Crippen LogP contribution >= 0.6 is 0 Å². The first-order valence-electron chi connectivity index (χ1n) is 7.91. The fraction of sp³-hybridized carbons (Fsp3) is 0.238. The quantitative estimate of drug-likeness (QED) is 0.701. The number of halogens is 1. The van der Waals surface area contributed by atoms with Gasteiger partial charge in [-0.2, -0.15) is 0 Å². The summed E-state index contributed by atoms with van der Waals surface area (Å²) in [6, 6.07) is 18.2. The van der Waals surface area contributed by atoms with Crippen LogP contribution in [0.1, 0.15) is 26.3 Å². The van der Waals surface area contributed by atoms with Gasteiger partial charge in [0.05, 0.1) is 0 Å². The number of hydrogen-bond acceptors (Lipinski definition) is 1. The van der Waals surface area contributed by atoms with Crippen LogP contribution in [0.3, 0.4) is 0 Å². The summed E-state index contributed by atoms with van der Waals surface area (Å²) in [7, 11) is 0. The van der Waals surface area contributed by atoms with Gasteiger partial charge in [-0.25, -0.2) is 4.39 Å². The van der Waals surface area contributed by atoms with Crippen LogP contribution in [-0.2, 0) is 6.42 Å². The van der Waals surface area contributed by atoms with Crippen molar-refractivity contribution in [2.75, 3.05) is 0 Å². The third-order valence-electron chi connectivity index (χ3n) is 2.82. The molecular formula is C21H26FN. The predicted octanol–water partition coefficient (Wildman–Crippen LogP) is 5.88. The number of allylic oxidation sites excluding steroid dienone is 3. The zero-order valence-electron chi connectivity index (χ0n) is 14.2. The molecule has 122 valence electrons. The molecule has 0 saturated heterocycles. The van der Waals surface area contributed by atoms with Crippen LogP contribution in [0.5, 0.6) is 0 Å². The molecule has 0 radical (unpaired) electrons. The number of hydrogen-bond donors (Lipinski definition) is 1. The highest BCUT2D eigenvalue weighted by atomic mass is 19.1. The molecule has 0 aliphatic rings. The summed E-state index contributed by atoms with van der Waals surface area (Å²) in [5.41, 5.74) is 8.51. The number of rotatable bonds is 4. The summed E-state index contributed by atoms with van der Waals surface area (Å²) in [4.78, 5) is 0. The number of benzene rings is 2. The van der Waals surface area contributed by atoms with Crippen molar-refractivity contribution in [3.05, 3.63) is 84.3 Å². The van der Waals surface area contributed by atoms with Gasteiger partial charge in [-0.3, -0.25) is 0 Å². The van der Waals surface area contributed by atoms with Gasteiger partial charge in [-0.05, 0) is 47.4 Å². The Hall–Kier alpha value is -2.35. The molecule has 0 heterocycles. The Morgan fingerprint density at radius 1 is 1.00 bits per heavy atom. The molecule has 0 atom stereocenters. The van der Waals surface area contributed by atoms with Crippen LogP contribution in [0.4, 0.5) is 4.39 Å². The third-order valence-corrected chi connectivity index (χ3v) is 2.82. The molecular weight excluding hydrogens is 285 g/mol. The first-order chi connectivity index (χ1) is 11.0. The molecule has 23 heavy (non-hydrogen) atoms. The SMILES string of the molecule is CC(C)C.N/C=C\C(F)=C/Cc1cccc(-c2ccccc2)c1. The van der Waals surface area contributed by atoms with Gasteiger partial charge in [0.15, 0.2) is 0 Å². The van der Waals surface area contributed by atoms with Gasteiger partial charge in [-0.15, -0.1) is 0 Å². The van der Waals surface area contributed by atoms with E-state index in [1.807, 2.05) is 30.3 Å². The molecule has 2 rings (SSSR count). The van der Waals surface area contributed by atoms with Crippen LogP contribution in [0, 0.1) is 5.92 Å². The Kier molecular flexibility index (Phi) is 8.45. The summed E-state index contributed by atoms with van der Waals surface area (Å²) in [5, 5.41) is 0. The lowest BCUT2D eigenvalue weighted by molar-refractivity contribution is 0.661. The van der Waals surface area contributed by atoms with E-state index >= 15 is 0 Å². The van der Waals surface area contributed by atoms with Gasteiger partial charge in [-0.1, -0.05) is 75.4 Å². The van der Waals surface area contributed by atoms with E-state index < -0.39 is 0 Å². The van der Waals surface area contributed by atoms with Crippen LogP contribution in [-0.4, -0.2) is 0 Å². The van der Waals surface area contributed by atoms with Crippen molar-refractivity contribution in [2.45, 2.75) is 27.2 Å². The summed E-state index contributed by atoms with van der Waals surface area (Å²) < 4.78 is 13.2. The molecule has 0 unspecified atom stereocenters. The minimum Gasteiger partial charge on any atom is -0.405 e. The fourth-order valence-electron chi connectivity index (χ4n) is 1.88. The zero-order valence-corrected chi connectivity index (χ0v) is 14.2. The largest absolute Gasteiger partial charge is 0.405 e. The minimum absolute atomic E-state index is 0.312. The second-order valence-electron chi connectivity index (χ2n) is 5.95. The average Bonchev–Trinajstić information content (AvgIpc) is 2.54. The van der Waals surface area contributed by atoms with E-state index in [-0.39, 0.29) is 5.83 Å². The molecule has 2 aromatic rings. The summed E-state index contributed by atoms with van der Waals surface area (Å²) in [5.74, 6) is 0.521. The molecule has 2 aromatic carbocycles.